The van der Waals surface area contributed by atoms with Gasteiger partial charge in [0, 0.05) is 17.8 Å². The Kier molecular flexibility index (Phi) is 7.53. The zero-order valence-corrected chi connectivity index (χ0v) is 17.1. The Morgan fingerprint density at radius 2 is 1.80 bits per heavy atom. The molecule has 0 radical (unpaired) electrons. The van der Waals surface area contributed by atoms with Crippen LogP contribution in [0, 0.1) is 11.8 Å². The molecule has 0 N–H and O–H groups in total. The summed E-state index contributed by atoms with van der Waals surface area (Å²) in [6.07, 6.45) is 12.7. The number of nitrogens with zero attached hydrogens (tertiary/aromatic N) is 1. The highest BCUT2D eigenvalue weighted by atomic mass is 32.2. The van der Waals surface area contributed by atoms with Gasteiger partial charge in [-0.1, -0.05) is 33.1 Å². The number of carbonyl (C=O) groups is 1. The van der Waals surface area contributed by atoms with Crippen LogP contribution in [0.25, 0.3) is 0 Å². The highest BCUT2D eigenvalue weighted by Gasteiger charge is 2.31. The zero-order chi connectivity index (χ0) is 17.6. The van der Waals surface area contributed by atoms with Gasteiger partial charge in [-0.15, -0.1) is 0 Å². The highest BCUT2D eigenvalue weighted by molar-refractivity contribution is 8.00. The van der Waals surface area contributed by atoms with Gasteiger partial charge in [-0.05, 0) is 62.5 Å². The van der Waals surface area contributed by atoms with Crippen LogP contribution in [-0.2, 0) is 9.53 Å². The van der Waals surface area contributed by atoms with Crippen molar-refractivity contribution in [2.45, 2.75) is 95.5 Å². The van der Waals surface area contributed by atoms with E-state index in [2.05, 4.69) is 30.5 Å². The van der Waals surface area contributed by atoms with E-state index in [9.17, 15) is 4.79 Å². The third-order valence-electron chi connectivity index (χ3n) is 6.75. The Hall–Kier alpha value is -0.220. The molecule has 0 aromatic rings. The molecule has 3 fully saturated rings. The Labute approximate surface area is 158 Å². The lowest BCUT2D eigenvalue weighted by molar-refractivity contribution is -0.142. The average molecular weight is 368 g/mol. The fourth-order valence-corrected chi connectivity index (χ4v) is 6.04. The predicted molar refractivity (Wildman–Crippen MR) is 106 cm³/mol. The number of thioether (sulfide) groups is 1. The lowest BCUT2D eigenvalue weighted by atomic mass is 9.80. The molecule has 3 aliphatic rings. The number of amides is 1. The van der Waals surface area contributed by atoms with E-state index < -0.39 is 0 Å². The third kappa shape index (κ3) is 5.63. The Morgan fingerprint density at radius 3 is 2.48 bits per heavy atom. The SMILES string of the molecule is CC1CCC(OCC(=O)N(CC2CCCS2)C2CCCCC2)CC1C. The second-order valence-corrected chi connectivity index (χ2v) is 10.1. The van der Waals surface area contributed by atoms with Crippen molar-refractivity contribution in [2.75, 3.05) is 18.9 Å². The van der Waals surface area contributed by atoms with E-state index in [0.717, 1.165) is 31.2 Å². The monoisotopic (exact) mass is 367 g/mol. The molecule has 0 aromatic carbocycles. The molecule has 1 heterocycles. The van der Waals surface area contributed by atoms with Crippen LogP contribution in [0.2, 0.25) is 0 Å². The van der Waals surface area contributed by atoms with Crippen molar-refractivity contribution >= 4 is 17.7 Å². The number of carbonyl (C=O) groups excluding carboxylic acids is 1. The van der Waals surface area contributed by atoms with Crippen LogP contribution in [0.15, 0.2) is 0 Å². The van der Waals surface area contributed by atoms with E-state index in [0.29, 0.717) is 24.0 Å². The molecule has 4 atom stereocenters. The lowest BCUT2D eigenvalue weighted by Crippen LogP contribution is -2.46. The minimum absolute atomic E-state index is 0.255. The summed E-state index contributed by atoms with van der Waals surface area (Å²) in [5.41, 5.74) is 0. The lowest BCUT2D eigenvalue weighted by Gasteiger charge is -2.37. The number of rotatable bonds is 6. The first-order valence-corrected chi connectivity index (χ1v) is 11.7. The maximum absolute atomic E-state index is 13.0. The van der Waals surface area contributed by atoms with E-state index >= 15 is 0 Å². The van der Waals surface area contributed by atoms with E-state index in [4.69, 9.17) is 4.74 Å². The Morgan fingerprint density at radius 1 is 1.00 bits per heavy atom. The van der Waals surface area contributed by atoms with Crippen molar-refractivity contribution in [3.05, 3.63) is 0 Å². The van der Waals surface area contributed by atoms with Gasteiger partial charge in [-0.2, -0.15) is 11.8 Å². The fraction of sp³-hybridized carbons (Fsp3) is 0.952. The number of hydrogen-bond donors (Lipinski definition) is 0. The molecule has 3 nitrogen and oxygen atoms in total. The van der Waals surface area contributed by atoms with Crippen molar-refractivity contribution in [2.24, 2.45) is 11.8 Å². The smallest absolute Gasteiger partial charge is 0.248 e. The van der Waals surface area contributed by atoms with Crippen molar-refractivity contribution in [1.82, 2.24) is 4.90 Å². The number of hydrogen-bond acceptors (Lipinski definition) is 3. The van der Waals surface area contributed by atoms with Gasteiger partial charge >= 0.3 is 0 Å². The van der Waals surface area contributed by atoms with Crippen LogP contribution in [0.4, 0.5) is 0 Å². The van der Waals surface area contributed by atoms with Gasteiger partial charge < -0.3 is 9.64 Å². The summed E-state index contributed by atoms with van der Waals surface area (Å²) in [5.74, 6) is 3.05. The quantitative estimate of drug-likeness (QED) is 0.670. The van der Waals surface area contributed by atoms with Crippen LogP contribution in [0.1, 0.15) is 78.1 Å². The first-order valence-electron chi connectivity index (χ1n) is 10.7. The average Bonchev–Trinajstić information content (AvgIpc) is 3.14. The predicted octanol–water partition coefficient (Wildman–Crippen LogP) is 4.88. The molecule has 0 bridgehead atoms. The molecule has 3 rings (SSSR count). The summed E-state index contributed by atoms with van der Waals surface area (Å²) in [6, 6.07) is 0.469. The standard InChI is InChI=1S/C21H37NO2S/c1-16-10-11-19(13-17(16)2)24-15-21(23)22(14-20-9-6-12-25-20)18-7-4-3-5-8-18/h16-20H,3-15H2,1-2H3. The molecular weight excluding hydrogens is 330 g/mol. The minimum Gasteiger partial charge on any atom is -0.368 e. The summed E-state index contributed by atoms with van der Waals surface area (Å²) in [5, 5.41) is 0.654. The van der Waals surface area contributed by atoms with E-state index in [1.165, 1.54) is 57.1 Å². The van der Waals surface area contributed by atoms with E-state index in [-0.39, 0.29) is 5.91 Å². The van der Waals surface area contributed by atoms with E-state index in [1.54, 1.807) is 0 Å². The Balaban J connectivity index is 1.52. The summed E-state index contributed by atoms with van der Waals surface area (Å²) < 4.78 is 6.10. The topological polar surface area (TPSA) is 29.5 Å². The maximum Gasteiger partial charge on any atom is 0.248 e. The summed E-state index contributed by atoms with van der Waals surface area (Å²) in [6.45, 7) is 5.93. The molecular formula is C21H37NO2S. The summed E-state index contributed by atoms with van der Waals surface area (Å²) in [7, 11) is 0. The molecule has 0 spiro atoms. The normalized spacial score (nSPS) is 34.2. The van der Waals surface area contributed by atoms with Crippen LogP contribution in [0.5, 0.6) is 0 Å². The van der Waals surface area contributed by atoms with Crippen molar-refractivity contribution in [3.8, 4) is 0 Å². The molecule has 1 aliphatic heterocycles. The third-order valence-corrected chi connectivity index (χ3v) is 8.13. The molecule has 2 aliphatic carbocycles. The fourth-order valence-electron chi connectivity index (χ4n) is 4.78. The molecule has 144 valence electrons. The van der Waals surface area contributed by atoms with Crippen LogP contribution in [-0.4, -0.2) is 47.1 Å². The molecule has 1 saturated heterocycles. The van der Waals surface area contributed by atoms with Crippen molar-refractivity contribution < 1.29 is 9.53 Å². The van der Waals surface area contributed by atoms with Gasteiger partial charge in [0.2, 0.25) is 5.91 Å². The van der Waals surface area contributed by atoms with Gasteiger partial charge in [0.05, 0.1) is 6.10 Å². The molecule has 4 heteroatoms. The van der Waals surface area contributed by atoms with Crippen LogP contribution in [0.3, 0.4) is 0 Å². The first-order chi connectivity index (χ1) is 12.1. The first kappa shape index (κ1) is 19.5. The second-order valence-electron chi connectivity index (χ2n) is 8.67. The molecule has 4 unspecified atom stereocenters. The van der Waals surface area contributed by atoms with Gasteiger partial charge in [0.25, 0.3) is 0 Å². The van der Waals surface area contributed by atoms with Crippen LogP contribution < -0.4 is 0 Å². The molecule has 2 saturated carbocycles. The van der Waals surface area contributed by atoms with Gasteiger partial charge in [0.15, 0.2) is 0 Å². The van der Waals surface area contributed by atoms with Crippen LogP contribution >= 0.6 is 11.8 Å². The van der Waals surface area contributed by atoms with Gasteiger partial charge in [0.1, 0.15) is 6.61 Å². The van der Waals surface area contributed by atoms with Gasteiger partial charge in [-0.3, -0.25) is 4.79 Å². The summed E-state index contributed by atoms with van der Waals surface area (Å²) >= 11 is 2.06. The van der Waals surface area contributed by atoms with Gasteiger partial charge in [-0.25, -0.2) is 0 Å². The minimum atomic E-state index is 0.255. The largest absolute Gasteiger partial charge is 0.368 e. The highest BCUT2D eigenvalue weighted by Crippen LogP contribution is 2.32. The van der Waals surface area contributed by atoms with E-state index in [1.807, 2.05) is 0 Å². The maximum atomic E-state index is 13.0. The molecule has 0 aromatic heterocycles. The van der Waals surface area contributed by atoms with Crippen molar-refractivity contribution in [3.63, 3.8) is 0 Å². The molecule has 1 amide bonds. The molecule has 25 heavy (non-hydrogen) atoms. The van der Waals surface area contributed by atoms with Crippen molar-refractivity contribution in [1.29, 1.82) is 0 Å². The summed E-state index contributed by atoms with van der Waals surface area (Å²) in [4.78, 5) is 15.2. The Bertz CT molecular complexity index is 418. The number of ether oxygens (including phenoxy) is 1. The zero-order valence-electron chi connectivity index (χ0n) is 16.3. The second kappa shape index (κ2) is 9.64.